The van der Waals surface area contributed by atoms with E-state index in [1.807, 2.05) is 0 Å². The molecule has 4 heterocycles. The maximum Gasteiger partial charge on any atom is 0.310 e. The number of hydrogen-bond donors (Lipinski definition) is 0. The lowest BCUT2D eigenvalue weighted by Gasteiger charge is -1.87. The van der Waals surface area contributed by atoms with Gasteiger partial charge in [0, 0.05) is 51.9 Å². The molecule has 154 valence electrons. The fraction of sp³-hybridized carbons (Fsp3) is 0.294. The number of hydrogen-bond acceptors (Lipinski definition) is 7. The van der Waals surface area contributed by atoms with Gasteiger partial charge in [0.2, 0.25) is 10.3 Å². The Labute approximate surface area is 175 Å². The number of rotatable bonds is 0. The molecule has 0 radical (unpaired) electrons. The van der Waals surface area contributed by atoms with Crippen molar-refractivity contribution in [1.29, 1.82) is 0 Å². The molecule has 0 saturated carbocycles. The number of ether oxygens (including phenoxy) is 1. The first-order valence-electron chi connectivity index (χ1n) is 7.22. The van der Waals surface area contributed by atoms with Gasteiger partial charge >= 0.3 is 11.9 Å². The van der Waals surface area contributed by atoms with Gasteiger partial charge in [-0.05, 0) is 0 Å². The lowest BCUT2D eigenvalue weighted by atomic mass is 10.3. The molecule has 0 aromatic carbocycles. The molecule has 0 N–H and O–H groups in total. The number of carbonyl (C=O) groups is 2. The van der Waals surface area contributed by atoms with Gasteiger partial charge < -0.3 is 4.74 Å². The van der Waals surface area contributed by atoms with Crippen LogP contribution in [0.4, 0.5) is 17.6 Å². The van der Waals surface area contributed by atoms with Gasteiger partial charge in [-0.25, -0.2) is 8.78 Å². The molecule has 0 aliphatic carbocycles. The second kappa shape index (κ2) is 10.9. The number of carbonyl (C=O) groups excluding carboxylic acids is 2. The highest BCUT2D eigenvalue weighted by atomic mass is 32.2. The van der Waals surface area contributed by atoms with Crippen molar-refractivity contribution in [2.45, 2.75) is 32.8 Å². The molecule has 3 nitrogen and oxygen atoms in total. The van der Waals surface area contributed by atoms with Crippen molar-refractivity contribution in [3.05, 3.63) is 43.1 Å². The Hall–Kier alpha value is -1.43. The molecule has 3 aromatic heterocycles. The number of halogens is 4. The fourth-order valence-electron chi connectivity index (χ4n) is 1.94. The van der Waals surface area contributed by atoms with Crippen LogP contribution in [0.3, 0.4) is 0 Å². The number of fused-ring (bicyclic) bond motifs is 2. The molecule has 0 fully saturated rings. The van der Waals surface area contributed by atoms with Gasteiger partial charge in [0.25, 0.3) is 0 Å². The van der Waals surface area contributed by atoms with Crippen molar-refractivity contribution in [3.8, 4) is 0 Å². The average molecular weight is 473 g/mol. The molecule has 11 heteroatoms. The van der Waals surface area contributed by atoms with Crippen molar-refractivity contribution < 1.29 is 31.9 Å². The Morgan fingerprint density at radius 3 is 2.04 bits per heavy atom. The minimum absolute atomic E-state index is 0. The molecular weight excluding hydrogens is 456 g/mol. The zero-order valence-corrected chi connectivity index (χ0v) is 17.2. The van der Waals surface area contributed by atoms with Crippen LogP contribution in [0.1, 0.15) is 31.7 Å². The molecule has 28 heavy (non-hydrogen) atoms. The summed E-state index contributed by atoms with van der Waals surface area (Å²) in [5.41, 5.74) is 0.590. The van der Waals surface area contributed by atoms with Crippen LogP contribution in [0.25, 0.3) is 10.1 Å². The van der Waals surface area contributed by atoms with Gasteiger partial charge in [-0.15, -0.1) is 22.7 Å². The largest absolute Gasteiger partial charge is 0.394 e. The Bertz CT molecular complexity index is 949. The second-order valence-corrected chi connectivity index (χ2v) is 8.80. The van der Waals surface area contributed by atoms with Crippen LogP contribution in [0.2, 0.25) is 0 Å². The van der Waals surface area contributed by atoms with Crippen molar-refractivity contribution in [2.24, 2.45) is 0 Å². The summed E-state index contributed by atoms with van der Waals surface area (Å²) in [4.78, 5) is 20.5. The van der Waals surface area contributed by atoms with Crippen LogP contribution in [-0.2, 0) is 25.8 Å². The summed E-state index contributed by atoms with van der Waals surface area (Å²) < 4.78 is 54.9. The van der Waals surface area contributed by atoms with Gasteiger partial charge in [0.15, 0.2) is 11.6 Å². The fourth-order valence-corrected chi connectivity index (χ4v) is 5.96. The van der Waals surface area contributed by atoms with E-state index in [0.29, 0.717) is 21.4 Å². The zero-order chi connectivity index (χ0) is 20.1. The van der Waals surface area contributed by atoms with E-state index in [-0.39, 0.29) is 7.43 Å². The Kier molecular flexibility index (Phi) is 9.61. The second-order valence-electron chi connectivity index (χ2n) is 5.01. The van der Waals surface area contributed by atoms with Crippen LogP contribution in [0.15, 0.2) is 10.8 Å². The van der Waals surface area contributed by atoms with Gasteiger partial charge in [-0.2, -0.15) is 31.9 Å². The molecule has 0 amide bonds. The Morgan fingerprint density at radius 1 is 0.929 bits per heavy atom. The van der Waals surface area contributed by atoms with E-state index in [1.165, 1.54) is 25.2 Å². The number of thioether (sulfide) groups is 1. The minimum atomic E-state index is -0.710. The van der Waals surface area contributed by atoms with E-state index >= 15 is 0 Å². The molecule has 3 aromatic rings. The SMILES string of the molecule is C.CC(=O)OC(C)=O.Fc1sc2c(c1F)CSC2.Fc1sc2cscc2c1F. The van der Waals surface area contributed by atoms with Crippen molar-refractivity contribution in [3.63, 3.8) is 0 Å². The Morgan fingerprint density at radius 2 is 1.54 bits per heavy atom. The van der Waals surface area contributed by atoms with Crippen LogP contribution in [0.5, 0.6) is 0 Å². The maximum atomic E-state index is 12.7. The molecular formula is C17H16F4O3S4. The minimum Gasteiger partial charge on any atom is -0.394 e. The number of thiophene rings is 3. The molecule has 4 rings (SSSR count). The summed E-state index contributed by atoms with van der Waals surface area (Å²) in [6.45, 7) is 2.36. The first-order valence-corrected chi connectivity index (χ1v) is 11.0. The third kappa shape index (κ3) is 6.29. The summed E-state index contributed by atoms with van der Waals surface area (Å²) in [5, 5.41) is 2.41. The first-order chi connectivity index (χ1) is 12.7. The predicted molar refractivity (Wildman–Crippen MR) is 108 cm³/mol. The average Bonchev–Trinajstić information content (AvgIpc) is 3.30. The van der Waals surface area contributed by atoms with E-state index < -0.39 is 33.8 Å². The smallest absolute Gasteiger partial charge is 0.310 e. The lowest BCUT2D eigenvalue weighted by Crippen LogP contribution is -2.03. The number of esters is 2. The van der Waals surface area contributed by atoms with E-state index in [9.17, 15) is 27.2 Å². The third-order valence-electron chi connectivity index (χ3n) is 2.99. The van der Waals surface area contributed by atoms with Crippen LogP contribution in [0, 0.1) is 21.9 Å². The van der Waals surface area contributed by atoms with E-state index in [0.717, 1.165) is 33.3 Å². The molecule has 1 aliphatic heterocycles. The van der Waals surface area contributed by atoms with Gasteiger partial charge in [0.05, 0.1) is 4.70 Å². The summed E-state index contributed by atoms with van der Waals surface area (Å²) in [6, 6.07) is 0. The molecule has 0 spiro atoms. The van der Waals surface area contributed by atoms with Crippen molar-refractivity contribution in [1.82, 2.24) is 0 Å². The van der Waals surface area contributed by atoms with E-state index in [1.54, 1.807) is 22.5 Å². The first kappa shape index (κ1) is 24.6. The standard InChI is InChI=1S/C6H4F2S2.C6H2F2S2.C4H6O3.CH4/c2*7-5-3-1-9-2-4(3)10-6(5)8;1-3(5)7-4(2)6;/h1-2H2;1-2H;1-2H3;1H4. The van der Waals surface area contributed by atoms with Crippen molar-refractivity contribution >= 4 is 67.8 Å². The summed E-state index contributed by atoms with van der Waals surface area (Å²) in [6.07, 6.45) is 0. The van der Waals surface area contributed by atoms with Gasteiger partial charge in [-0.3, -0.25) is 9.59 Å². The highest BCUT2D eigenvalue weighted by Gasteiger charge is 2.22. The topological polar surface area (TPSA) is 43.4 Å². The molecule has 0 atom stereocenters. The Balaban J connectivity index is 0.000000211. The predicted octanol–water partition coefficient (Wildman–Crippen LogP) is 6.75. The molecule has 0 saturated heterocycles. The maximum absolute atomic E-state index is 12.7. The summed E-state index contributed by atoms with van der Waals surface area (Å²) >= 11 is 4.82. The quantitative estimate of drug-likeness (QED) is 0.206. The third-order valence-corrected chi connectivity index (χ3v) is 6.96. The highest BCUT2D eigenvalue weighted by molar-refractivity contribution is 7.98. The van der Waals surface area contributed by atoms with Crippen LogP contribution < -0.4 is 0 Å². The van der Waals surface area contributed by atoms with Gasteiger partial charge in [0.1, 0.15) is 0 Å². The normalized spacial score (nSPS) is 11.5. The molecule has 1 aliphatic rings. The zero-order valence-electron chi connectivity index (χ0n) is 13.9. The van der Waals surface area contributed by atoms with Crippen LogP contribution >= 0.6 is 45.8 Å². The summed E-state index contributed by atoms with van der Waals surface area (Å²) in [5.74, 6) is -1.03. The molecule has 0 unspecified atom stereocenters. The monoisotopic (exact) mass is 472 g/mol. The van der Waals surface area contributed by atoms with Gasteiger partial charge in [-0.1, -0.05) is 7.43 Å². The highest BCUT2D eigenvalue weighted by Crippen LogP contribution is 2.37. The summed E-state index contributed by atoms with van der Waals surface area (Å²) in [7, 11) is 0. The van der Waals surface area contributed by atoms with Crippen molar-refractivity contribution in [2.75, 3.05) is 0 Å². The van der Waals surface area contributed by atoms with Crippen LogP contribution in [-0.4, -0.2) is 11.9 Å². The van der Waals surface area contributed by atoms with E-state index in [2.05, 4.69) is 4.74 Å². The lowest BCUT2D eigenvalue weighted by molar-refractivity contribution is -0.156. The van der Waals surface area contributed by atoms with E-state index in [4.69, 9.17) is 0 Å². The molecule has 0 bridgehead atoms.